The van der Waals surface area contributed by atoms with Crippen LogP contribution in [-0.4, -0.2) is 17.0 Å². The molecule has 2 rings (SSSR count). The summed E-state index contributed by atoms with van der Waals surface area (Å²) in [5, 5.41) is 3.27. The number of nitrogens with zero attached hydrogens (tertiary/aromatic N) is 2. The second kappa shape index (κ2) is 5.60. The Balaban J connectivity index is 2.26. The van der Waals surface area contributed by atoms with Gasteiger partial charge in [-0.2, -0.15) is 0 Å². The second-order valence-corrected chi connectivity index (χ2v) is 4.35. The van der Waals surface area contributed by atoms with Crippen molar-refractivity contribution >= 4 is 5.82 Å². The van der Waals surface area contributed by atoms with Crippen molar-refractivity contribution in [2.45, 2.75) is 19.4 Å². The molecular formula is C14H18N4. The zero-order valence-corrected chi connectivity index (χ0v) is 10.7. The molecular weight excluding hydrogens is 224 g/mol. The molecule has 0 aliphatic heterocycles. The summed E-state index contributed by atoms with van der Waals surface area (Å²) in [6.45, 7) is 2.02. The van der Waals surface area contributed by atoms with Crippen LogP contribution in [0, 0.1) is 6.92 Å². The Morgan fingerprint density at radius 2 is 2.17 bits per heavy atom. The van der Waals surface area contributed by atoms with Gasteiger partial charge in [-0.15, -0.1) is 0 Å². The number of likely N-dealkylation sites (N-methyl/N-ethyl adjacent to an activating group) is 1. The van der Waals surface area contributed by atoms with Crippen LogP contribution in [0.25, 0.3) is 0 Å². The van der Waals surface area contributed by atoms with Gasteiger partial charge in [0.1, 0.15) is 5.82 Å². The molecule has 3 N–H and O–H groups in total. The van der Waals surface area contributed by atoms with Crippen LogP contribution in [-0.2, 0) is 6.42 Å². The van der Waals surface area contributed by atoms with Crippen LogP contribution in [0.3, 0.4) is 0 Å². The highest BCUT2D eigenvalue weighted by atomic mass is 14.9. The summed E-state index contributed by atoms with van der Waals surface area (Å²) in [7, 11) is 1.93. The minimum Gasteiger partial charge on any atom is -0.383 e. The third kappa shape index (κ3) is 2.84. The average Bonchev–Trinajstić information content (AvgIpc) is 2.40. The molecule has 18 heavy (non-hydrogen) atoms. The molecule has 0 saturated carbocycles. The fraction of sp³-hybridized carbons (Fsp3) is 0.286. The first-order valence-corrected chi connectivity index (χ1v) is 6.00. The standard InChI is InChI=1S/C14H18N4/c1-10-7-12(14(15)18-9-10)13(16-2)8-11-5-3-4-6-17-11/h3-7,9,13,16H,8H2,1-2H3,(H2,15,18). The third-order valence-electron chi connectivity index (χ3n) is 2.95. The number of anilines is 1. The predicted molar refractivity (Wildman–Crippen MR) is 73.1 cm³/mol. The van der Waals surface area contributed by atoms with Crippen LogP contribution < -0.4 is 11.1 Å². The maximum Gasteiger partial charge on any atom is 0.128 e. The van der Waals surface area contributed by atoms with E-state index in [9.17, 15) is 0 Å². The van der Waals surface area contributed by atoms with Gasteiger partial charge in [-0.3, -0.25) is 4.98 Å². The molecule has 94 valence electrons. The molecule has 0 aliphatic rings. The maximum atomic E-state index is 5.95. The van der Waals surface area contributed by atoms with Crippen molar-refractivity contribution in [3.05, 3.63) is 53.5 Å². The van der Waals surface area contributed by atoms with Gasteiger partial charge < -0.3 is 11.1 Å². The number of hydrogen-bond acceptors (Lipinski definition) is 4. The Hall–Kier alpha value is -1.94. The van der Waals surface area contributed by atoms with Crippen molar-refractivity contribution in [2.24, 2.45) is 0 Å². The highest BCUT2D eigenvalue weighted by Gasteiger charge is 2.14. The van der Waals surface area contributed by atoms with Crippen LogP contribution in [0.15, 0.2) is 36.7 Å². The Kier molecular flexibility index (Phi) is 3.89. The summed E-state index contributed by atoms with van der Waals surface area (Å²) < 4.78 is 0. The van der Waals surface area contributed by atoms with E-state index in [4.69, 9.17) is 5.73 Å². The molecule has 4 nitrogen and oxygen atoms in total. The molecule has 4 heteroatoms. The maximum absolute atomic E-state index is 5.95. The fourth-order valence-corrected chi connectivity index (χ4v) is 1.98. The smallest absolute Gasteiger partial charge is 0.128 e. The van der Waals surface area contributed by atoms with E-state index in [1.54, 1.807) is 12.4 Å². The molecule has 0 aromatic carbocycles. The highest BCUT2D eigenvalue weighted by molar-refractivity contribution is 5.43. The van der Waals surface area contributed by atoms with Crippen molar-refractivity contribution in [1.82, 2.24) is 15.3 Å². The van der Waals surface area contributed by atoms with Crippen LogP contribution in [0.2, 0.25) is 0 Å². The highest BCUT2D eigenvalue weighted by Crippen LogP contribution is 2.22. The van der Waals surface area contributed by atoms with E-state index >= 15 is 0 Å². The van der Waals surface area contributed by atoms with E-state index in [0.717, 1.165) is 23.2 Å². The molecule has 1 unspecified atom stereocenters. The predicted octanol–water partition coefficient (Wildman–Crippen LogP) is 1.87. The lowest BCUT2D eigenvalue weighted by molar-refractivity contribution is 0.584. The molecule has 0 amide bonds. The molecule has 0 radical (unpaired) electrons. The molecule has 0 fully saturated rings. The lowest BCUT2D eigenvalue weighted by Gasteiger charge is -2.18. The van der Waals surface area contributed by atoms with E-state index in [1.807, 2.05) is 32.2 Å². The Labute approximate surface area is 107 Å². The normalized spacial score (nSPS) is 12.3. The number of aromatic nitrogens is 2. The fourth-order valence-electron chi connectivity index (χ4n) is 1.98. The zero-order valence-electron chi connectivity index (χ0n) is 10.7. The lowest BCUT2D eigenvalue weighted by Crippen LogP contribution is -2.21. The van der Waals surface area contributed by atoms with Gasteiger partial charge in [-0.05, 0) is 37.7 Å². The van der Waals surface area contributed by atoms with Gasteiger partial charge in [-0.1, -0.05) is 6.07 Å². The average molecular weight is 242 g/mol. The number of pyridine rings is 2. The molecule has 2 heterocycles. The summed E-state index contributed by atoms with van der Waals surface area (Å²) in [6, 6.07) is 8.14. The Bertz CT molecular complexity index is 510. The molecule has 0 bridgehead atoms. The minimum atomic E-state index is 0.132. The summed E-state index contributed by atoms with van der Waals surface area (Å²) in [5.74, 6) is 0.580. The molecule has 0 saturated heterocycles. The molecule has 1 atom stereocenters. The van der Waals surface area contributed by atoms with Crippen LogP contribution >= 0.6 is 0 Å². The van der Waals surface area contributed by atoms with Gasteiger partial charge in [0.25, 0.3) is 0 Å². The second-order valence-electron chi connectivity index (χ2n) is 4.35. The molecule has 2 aromatic rings. The third-order valence-corrected chi connectivity index (χ3v) is 2.95. The topological polar surface area (TPSA) is 63.8 Å². The van der Waals surface area contributed by atoms with E-state index in [-0.39, 0.29) is 6.04 Å². The van der Waals surface area contributed by atoms with Crippen LogP contribution in [0.4, 0.5) is 5.82 Å². The summed E-state index contributed by atoms with van der Waals surface area (Å²) in [5.41, 5.74) is 9.13. The van der Waals surface area contributed by atoms with Gasteiger partial charge >= 0.3 is 0 Å². The van der Waals surface area contributed by atoms with Crippen LogP contribution in [0.5, 0.6) is 0 Å². The molecule has 2 aromatic heterocycles. The van der Waals surface area contributed by atoms with E-state index in [2.05, 4.69) is 21.4 Å². The number of nitrogens with one attached hydrogen (secondary N) is 1. The number of nitrogen functional groups attached to an aromatic ring is 1. The monoisotopic (exact) mass is 242 g/mol. The van der Waals surface area contributed by atoms with E-state index in [0.29, 0.717) is 5.82 Å². The number of aryl methyl sites for hydroxylation is 1. The SMILES string of the molecule is CNC(Cc1ccccn1)c1cc(C)cnc1N. The number of rotatable bonds is 4. The molecule has 0 aliphatic carbocycles. The first kappa shape index (κ1) is 12.5. The largest absolute Gasteiger partial charge is 0.383 e. The van der Waals surface area contributed by atoms with E-state index in [1.165, 1.54) is 0 Å². The van der Waals surface area contributed by atoms with Gasteiger partial charge in [0.15, 0.2) is 0 Å². The summed E-state index contributed by atoms with van der Waals surface area (Å²) in [6.07, 6.45) is 4.39. The van der Waals surface area contributed by atoms with Gasteiger partial charge in [0.2, 0.25) is 0 Å². The van der Waals surface area contributed by atoms with E-state index < -0.39 is 0 Å². The summed E-state index contributed by atoms with van der Waals surface area (Å²) >= 11 is 0. The van der Waals surface area contributed by atoms with Gasteiger partial charge in [0.05, 0.1) is 0 Å². The first-order chi connectivity index (χ1) is 8.70. The molecule has 0 spiro atoms. The van der Waals surface area contributed by atoms with Crippen molar-refractivity contribution < 1.29 is 0 Å². The zero-order chi connectivity index (χ0) is 13.0. The Morgan fingerprint density at radius 3 is 2.83 bits per heavy atom. The first-order valence-electron chi connectivity index (χ1n) is 6.00. The van der Waals surface area contributed by atoms with Gasteiger partial charge in [-0.25, -0.2) is 4.98 Å². The quantitative estimate of drug-likeness (QED) is 0.859. The van der Waals surface area contributed by atoms with Crippen molar-refractivity contribution in [3.63, 3.8) is 0 Å². The van der Waals surface area contributed by atoms with Crippen LogP contribution in [0.1, 0.15) is 22.9 Å². The van der Waals surface area contributed by atoms with Crippen molar-refractivity contribution in [1.29, 1.82) is 0 Å². The van der Waals surface area contributed by atoms with Crippen molar-refractivity contribution in [2.75, 3.05) is 12.8 Å². The summed E-state index contributed by atoms with van der Waals surface area (Å²) in [4.78, 5) is 8.55. The number of nitrogens with two attached hydrogens (primary N) is 1. The number of hydrogen-bond donors (Lipinski definition) is 2. The minimum absolute atomic E-state index is 0.132. The van der Waals surface area contributed by atoms with Gasteiger partial charge in [0, 0.05) is 36.1 Å². The lowest BCUT2D eigenvalue weighted by atomic mass is 10.0. The Morgan fingerprint density at radius 1 is 1.33 bits per heavy atom. The van der Waals surface area contributed by atoms with Crippen molar-refractivity contribution in [3.8, 4) is 0 Å².